The van der Waals surface area contributed by atoms with Gasteiger partial charge in [-0.3, -0.25) is 4.79 Å². The number of carboxylic acid groups (broad SMARTS) is 1. The molecule has 0 fully saturated rings. The fraction of sp³-hybridized carbons (Fsp3) is 0.417. The highest BCUT2D eigenvalue weighted by molar-refractivity contribution is 9.10. The molecule has 0 bridgehead atoms. The molecule has 0 aliphatic carbocycles. The summed E-state index contributed by atoms with van der Waals surface area (Å²) in [5, 5.41) is 8.71. The first-order valence-corrected chi connectivity index (χ1v) is 8.08. The van der Waals surface area contributed by atoms with E-state index in [-0.39, 0.29) is 11.4 Å². The van der Waals surface area contributed by atoms with Gasteiger partial charge in [-0.25, -0.2) is 13.1 Å². The lowest BCUT2D eigenvalue weighted by Gasteiger charge is -2.08. The number of hydrogen-bond donors (Lipinski definition) is 2. The Kier molecular flexibility index (Phi) is 5.96. The average Bonchev–Trinajstić information content (AvgIpc) is 2.34. The second-order valence-electron chi connectivity index (χ2n) is 4.24. The topological polar surface area (TPSA) is 83.5 Å². The normalized spacial score (nSPS) is 13.2. The van der Waals surface area contributed by atoms with E-state index in [1.165, 1.54) is 12.1 Å². The second kappa shape index (κ2) is 7.02. The summed E-state index contributed by atoms with van der Waals surface area (Å²) in [5.41, 5.74) is 0. The lowest BCUT2D eigenvalue weighted by molar-refractivity contribution is -0.141. The van der Waals surface area contributed by atoms with Gasteiger partial charge >= 0.3 is 5.97 Å². The highest BCUT2D eigenvalue weighted by Gasteiger charge is 2.14. The Bertz CT molecular complexity index is 544. The molecule has 5 nitrogen and oxygen atoms in total. The number of hydrogen-bond acceptors (Lipinski definition) is 3. The first-order valence-electron chi connectivity index (χ1n) is 5.81. The molecule has 0 saturated carbocycles. The van der Waals surface area contributed by atoms with E-state index in [0.29, 0.717) is 17.3 Å². The fourth-order valence-electron chi connectivity index (χ4n) is 1.46. The summed E-state index contributed by atoms with van der Waals surface area (Å²) < 4.78 is 27.0. The molecule has 7 heteroatoms. The second-order valence-corrected chi connectivity index (χ2v) is 6.92. The minimum atomic E-state index is -3.53. The van der Waals surface area contributed by atoms with Gasteiger partial charge in [0, 0.05) is 11.0 Å². The van der Waals surface area contributed by atoms with Crippen molar-refractivity contribution in [2.75, 3.05) is 6.54 Å². The summed E-state index contributed by atoms with van der Waals surface area (Å²) in [4.78, 5) is 10.8. The van der Waals surface area contributed by atoms with E-state index in [9.17, 15) is 13.2 Å². The quantitative estimate of drug-likeness (QED) is 0.739. The zero-order chi connectivity index (χ0) is 14.5. The summed E-state index contributed by atoms with van der Waals surface area (Å²) in [7, 11) is -3.53. The highest BCUT2D eigenvalue weighted by Crippen LogP contribution is 2.16. The van der Waals surface area contributed by atoms with Gasteiger partial charge in [0.15, 0.2) is 0 Å². The molecule has 0 spiro atoms. The van der Waals surface area contributed by atoms with Gasteiger partial charge < -0.3 is 5.11 Å². The van der Waals surface area contributed by atoms with Crippen LogP contribution in [0.15, 0.2) is 33.6 Å². The number of halogens is 1. The number of nitrogens with one attached hydrogen (secondary N) is 1. The Morgan fingerprint density at radius 3 is 2.74 bits per heavy atom. The maximum Gasteiger partial charge on any atom is 0.306 e. The standard InChI is InChI=1S/C12H16BrNO4S/c1-9(12(15)16)4-3-7-14-19(17,18)11-6-2-5-10(13)8-11/h2,5-6,8-9,14H,3-4,7H2,1H3,(H,15,16). The average molecular weight is 350 g/mol. The van der Waals surface area contributed by atoms with Crippen molar-refractivity contribution < 1.29 is 18.3 Å². The summed E-state index contributed by atoms with van der Waals surface area (Å²) in [6, 6.07) is 6.41. The van der Waals surface area contributed by atoms with E-state index in [0.717, 1.165) is 0 Å². The molecule has 0 heterocycles. The van der Waals surface area contributed by atoms with Crippen LogP contribution in [-0.4, -0.2) is 26.0 Å². The lowest BCUT2D eigenvalue weighted by atomic mass is 10.1. The molecule has 0 aliphatic heterocycles. The predicted octanol–water partition coefficient (Wildman–Crippen LogP) is 2.23. The van der Waals surface area contributed by atoms with Crippen molar-refractivity contribution in [1.29, 1.82) is 0 Å². The van der Waals surface area contributed by atoms with Gasteiger partial charge in [-0.2, -0.15) is 0 Å². The minimum absolute atomic E-state index is 0.188. The van der Waals surface area contributed by atoms with E-state index in [1.54, 1.807) is 19.1 Å². The van der Waals surface area contributed by atoms with Gasteiger partial charge in [0.25, 0.3) is 0 Å². The van der Waals surface area contributed by atoms with Crippen LogP contribution in [0.2, 0.25) is 0 Å². The number of carboxylic acids is 1. The fourth-order valence-corrected chi connectivity index (χ4v) is 3.13. The van der Waals surface area contributed by atoms with E-state index < -0.39 is 21.9 Å². The van der Waals surface area contributed by atoms with Crippen molar-refractivity contribution in [1.82, 2.24) is 4.72 Å². The van der Waals surface area contributed by atoms with E-state index in [4.69, 9.17) is 5.11 Å². The van der Waals surface area contributed by atoms with E-state index in [2.05, 4.69) is 20.7 Å². The van der Waals surface area contributed by atoms with E-state index >= 15 is 0 Å². The lowest BCUT2D eigenvalue weighted by Crippen LogP contribution is -2.25. The number of aliphatic carboxylic acids is 1. The molecule has 1 atom stereocenters. The smallest absolute Gasteiger partial charge is 0.306 e. The molecule has 19 heavy (non-hydrogen) atoms. The van der Waals surface area contributed by atoms with Gasteiger partial charge in [-0.15, -0.1) is 0 Å². The Hall–Kier alpha value is -0.920. The molecule has 1 rings (SSSR count). The molecule has 1 aromatic carbocycles. The van der Waals surface area contributed by atoms with Crippen molar-refractivity contribution in [2.45, 2.75) is 24.7 Å². The molecule has 0 aliphatic rings. The molecule has 2 N–H and O–H groups in total. The van der Waals surface area contributed by atoms with Crippen molar-refractivity contribution in [3.63, 3.8) is 0 Å². The number of rotatable bonds is 7. The summed E-state index contributed by atoms with van der Waals surface area (Å²) in [6.45, 7) is 1.83. The zero-order valence-electron chi connectivity index (χ0n) is 10.5. The van der Waals surface area contributed by atoms with E-state index in [1.807, 2.05) is 0 Å². The Morgan fingerprint density at radius 1 is 1.47 bits per heavy atom. The molecule has 0 amide bonds. The molecule has 1 aromatic rings. The molecular formula is C12H16BrNO4S. The number of sulfonamides is 1. The maximum atomic E-state index is 11.9. The van der Waals surface area contributed by atoms with Gasteiger partial charge in [0.05, 0.1) is 10.8 Å². The summed E-state index contributed by atoms with van der Waals surface area (Å²) in [5.74, 6) is -1.33. The summed E-state index contributed by atoms with van der Waals surface area (Å²) in [6.07, 6.45) is 0.928. The molecular weight excluding hydrogens is 334 g/mol. The third-order valence-electron chi connectivity index (χ3n) is 2.63. The number of carbonyl (C=O) groups is 1. The van der Waals surface area contributed by atoms with Crippen LogP contribution in [0.4, 0.5) is 0 Å². The van der Waals surface area contributed by atoms with Crippen LogP contribution in [0.5, 0.6) is 0 Å². The van der Waals surface area contributed by atoms with Crippen LogP contribution in [0.1, 0.15) is 19.8 Å². The van der Waals surface area contributed by atoms with Crippen LogP contribution in [0.3, 0.4) is 0 Å². The third-order valence-corrected chi connectivity index (χ3v) is 4.59. The Balaban J connectivity index is 2.50. The van der Waals surface area contributed by atoms with Crippen LogP contribution in [0.25, 0.3) is 0 Å². The van der Waals surface area contributed by atoms with Crippen molar-refractivity contribution >= 4 is 31.9 Å². The molecule has 0 radical (unpaired) electrons. The van der Waals surface area contributed by atoms with Crippen LogP contribution >= 0.6 is 15.9 Å². The third kappa shape index (κ3) is 5.30. The van der Waals surface area contributed by atoms with Crippen LogP contribution < -0.4 is 4.72 Å². The Morgan fingerprint density at radius 2 is 2.16 bits per heavy atom. The van der Waals surface area contributed by atoms with Gasteiger partial charge in [-0.05, 0) is 31.0 Å². The Labute approximate surface area is 121 Å². The predicted molar refractivity (Wildman–Crippen MR) is 75.4 cm³/mol. The minimum Gasteiger partial charge on any atom is -0.481 e. The largest absolute Gasteiger partial charge is 0.481 e. The molecule has 0 aromatic heterocycles. The van der Waals surface area contributed by atoms with Crippen molar-refractivity contribution in [3.8, 4) is 0 Å². The van der Waals surface area contributed by atoms with Crippen LogP contribution in [0, 0.1) is 5.92 Å². The first kappa shape index (κ1) is 16.1. The maximum absolute atomic E-state index is 11.9. The monoisotopic (exact) mass is 349 g/mol. The van der Waals surface area contributed by atoms with Gasteiger partial charge in [-0.1, -0.05) is 28.9 Å². The van der Waals surface area contributed by atoms with Crippen LogP contribution in [-0.2, 0) is 14.8 Å². The van der Waals surface area contributed by atoms with Crippen molar-refractivity contribution in [2.24, 2.45) is 5.92 Å². The SMILES string of the molecule is CC(CCCNS(=O)(=O)c1cccc(Br)c1)C(=O)O. The van der Waals surface area contributed by atoms with Gasteiger partial charge in [0.1, 0.15) is 0 Å². The molecule has 1 unspecified atom stereocenters. The zero-order valence-corrected chi connectivity index (χ0v) is 12.9. The summed E-state index contributed by atoms with van der Waals surface area (Å²) >= 11 is 3.21. The number of benzene rings is 1. The van der Waals surface area contributed by atoms with Gasteiger partial charge in [0.2, 0.25) is 10.0 Å². The molecule has 0 saturated heterocycles. The highest BCUT2D eigenvalue weighted by atomic mass is 79.9. The molecule has 106 valence electrons. The first-order chi connectivity index (χ1) is 8.83. The van der Waals surface area contributed by atoms with Crippen molar-refractivity contribution in [3.05, 3.63) is 28.7 Å².